The van der Waals surface area contributed by atoms with Crippen LogP contribution in [0.2, 0.25) is 0 Å². The third-order valence-electron chi connectivity index (χ3n) is 5.90. The van der Waals surface area contributed by atoms with Crippen molar-refractivity contribution in [2.45, 2.75) is 83.2 Å². The summed E-state index contributed by atoms with van der Waals surface area (Å²) in [6.45, 7) is 3.38. The summed E-state index contributed by atoms with van der Waals surface area (Å²) in [5.74, 6) is 3.11. The van der Waals surface area contributed by atoms with Gasteiger partial charge < -0.3 is 9.88 Å². The zero-order valence-electron chi connectivity index (χ0n) is 13.2. The van der Waals surface area contributed by atoms with E-state index in [-0.39, 0.29) is 0 Å². The van der Waals surface area contributed by atoms with E-state index in [1.54, 1.807) is 5.69 Å². The predicted octanol–water partition coefficient (Wildman–Crippen LogP) is 3.77. The zero-order valence-corrected chi connectivity index (χ0v) is 13.2. The number of imidazole rings is 1. The van der Waals surface area contributed by atoms with Crippen molar-refractivity contribution in [3.63, 3.8) is 0 Å². The Morgan fingerprint density at radius 3 is 2.57 bits per heavy atom. The van der Waals surface area contributed by atoms with E-state index in [0.717, 1.165) is 24.9 Å². The Labute approximate surface area is 128 Å². The first-order valence-electron chi connectivity index (χ1n) is 9.20. The molecule has 2 heterocycles. The molecule has 0 bridgehead atoms. The van der Waals surface area contributed by atoms with Gasteiger partial charge in [0.05, 0.1) is 5.69 Å². The lowest BCUT2D eigenvalue weighted by Gasteiger charge is -2.24. The fourth-order valence-corrected chi connectivity index (χ4v) is 4.72. The number of fused-ring (bicyclic) bond motifs is 1. The van der Waals surface area contributed by atoms with Crippen molar-refractivity contribution in [3.05, 3.63) is 17.2 Å². The van der Waals surface area contributed by atoms with Gasteiger partial charge in [0, 0.05) is 37.7 Å². The number of aromatic nitrogens is 2. The maximum atomic E-state index is 5.12. The van der Waals surface area contributed by atoms with Crippen molar-refractivity contribution < 1.29 is 0 Å². The van der Waals surface area contributed by atoms with Gasteiger partial charge in [-0.2, -0.15) is 0 Å². The van der Waals surface area contributed by atoms with E-state index in [0.29, 0.717) is 0 Å². The highest BCUT2D eigenvalue weighted by atomic mass is 15.1. The minimum Gasteiger partial charge on any atom is -0.331 e. The maximum Gasteiger partial charge on any atom is 0.112 e. The van der Waals surface area contributed by atoms with Crippen LogP contribution >= 0.6 is 0 Å². The van der Waals surface area contributed by atoms with E-state index in [1.807, 2.05) is 0 Å². The number of hydrogen-bond donors (Lipinski definition) is 1. The standard InChI is InChI=1S/C18H29N3/c1-2-8-15(9-3-1)18-20-16-12-19-11-10-17(16)21(18)13-14-6-4-5-7-14/h14-15,19H,1-13H2. The monoisotopic (exact) mass is 287 g/mol. The number of rotatable bonds is 3. The average Bonchev–Trinajstić information content (AvgIpc) is 3.17. The second kappa shape index (κ2) is 6.12. The largest absolute Gasteiger partial charge is 0.331 e. The average molecular weight is 287 g/mol. The Kier molecular flexibility index (Phi) is 4.02. The van der Waals surface area contributed by atoms with E-state index in [2.05, 4.69) is 9.88 Å². The topological polar surface area (TPSA) is 29.9 Å². The second-order valence-corrected chi connectivity index (χ2v) is 7.39. The second-order valence-electron chi connectivity index (χ2n) is 7.39. The molecule has 116 valence electrons. The summed E-state index contributed by atoms with van der Waals surface area (Å²) >= 11 is 0. The Morgan fingerprint density at radius 2 is 1.76 bits per heavy atom. The third kappa shape index (κ3) is 2.77. The molecule has 2 aliphatic carbocycles. The van der Waals surface area contributed by atoms with Gasteiger partial charge in [-0.3, -0.25) is 0 Å². The summed E-state index contributed by atoms with van der Waals surface area (Å²) in [6, 6.07) is 0. The van der Waals surface area contributed by atoms with Gasteiger partial charge in [0.1, 0.15) is 5.82 Å². The van der Waals surface area contributed by atoms with Gasteiger partial charge in [0.25, 0.3) is 0 Å². The highest BCUT2D eigenvalue weighted by Crippen LogP contribution is 2.35. The summed E-state index contributed by atoms with van der Waals surface area (Å²) < 4.78 is 2.68. The van der Waals surface area contributed by atoms with E-state index >= 15 is 0 Å². The van der Waals surface area contributed by atoms with Gasteiger partial charge >= 0.3 is 0 Å². The molecule has 2 fully saturated rings. The van der Waals surface area contributed by atoms with Crippen LogP contribution in [0.4, 0.5) is 0 Å². The molecule has 21 heavy (non-hydrogen) atoms. The summed E-state index contributed by atoms with van der Waals surface area (Å²) in [6.07, 6.45) is 13.9. The minimum absolute atomic E-state index is 0.741. The van der Waals surface area contributed by atoms with Gasteiger partial charge in [-0.05, 0) is 31.6 Å². The first kappa shape index (κ1) is 13.8. The van der Waals surface area contributed by atoms with Crippen molar-refractivity contribution in [3.8, 4) is 0 Å². The minimum atomic E-state index is 0.741. The number of nitrogens with one attached hydrogen (secondary N) is 1. The Bertz CT molecular complexity index is 479. The summed E-state index contributed by atoms with van der Waals surface area (Å²) in [4.78, 5) is 5.12. The highest BCUT2D eigenvalue weighted by molar-refractivity contribution is 5.22. The van der Waals surface area contributed by atoms with Crippen LogP contribution in [0.15, 0.2) is 0 Å². The first-order valence-corrected chi connectivity index (χ1v) is 9.20. The molecule has 2 saturated carbocycles. The summed E-state index contributed by atoms with van der Waals surface area (Å²) in [7, 11) is 0. The van der Waals surface area contributed by atoms with Gasteiger partial charge in [0.15, 0.2) is 0 Å². The van der Waals surface area contributed by atoms with Crippen LogP contribution in [0.25, 0.3) is 0 Å². The SMILES string of the molecule is C1CCC(c2nc3c(n2CC2CCCC2)CCNC3)CC1. The molecule has 0 amide bonds. The molecule has 3 aliphatic rings. The van der Waals surface area contributed by atoms with E-state index in [9.17, 15) is 0 Å². The van der Waals surface area contributed by atoms with Gasteiger partial charge in [0.2, 0.25) is 0 Å². The van der Waals surface area contributed by atoms with Crippen LogP contribution in [0, 0.1) is 5.92 Å². The highest BCUT2D eigenvalue weighted by Gasteiger charge is 2.28. The van der Waals surface area contributed by atoms with E-state index in [1.165, 1.54) is 82.3 Å². The molecule has 4 rings (SSSR count). The molecule has 0 aromatic carbocycles. The Balaban J connectivity index is 1.64. The van der Waals surface area contributed by atoms with Crippen LogP contribution in [-0.4, -0.2) is 16.1 Å². The van der Waals surface area contributed by atoms with Crippen LogP contribution in [-0.2, 0) is 19.5 Å². The Hall–Kier alpha value is -0.830. The van der Waals surface area contributed by atoms with E-state index in [4.69, 9.17) is 4.98 Å². The summed E-state index contributed by atoms with van der Waals surface area (Å²) in [5.41, 5.74) is 2.93. The molecular weight excluding hydrogens is 258 g/mol. The molecule has 1 aromatic heterocycles. The molecule has 0 saturated heterocycles. The van der Waals surface area contributed by atoms with E-state index < -0.39 is 0 Å². The number of hydrogen-bond acceptors (Lipinski definition) is 2. The normalized spacial score (nSPS) is 24.4. The van der Waals surface area contributed by atoms with Crippen LogP contribution < -0.4 is 5.32 Å². The van der Waals surface area contributed by atoms with Gasteiger partial charge in [-0.15, -0.1) is 0 Å². The fraction of sp³-hybridized carbons (Fsp3) is 0.833. The van der Waals surface area contributed by atoms with Gasteiger partial charge in [-0.1, -0.05) is 32.1 Å². The molecular formula is C18H29N3. The van der Waals surface area contributed by atoms with Crippen LogP contribution in [0.3, 0.4) is 0 Å². The lowest BCUT2D eigenvalue weighted by atomic mass is 9.88. The zero-order chi connectivity index (χ0) is 14.1. The van der Waals surface area contributed by atoms with Crippen molar-refractivity contribution in [1.29, 1.82) is 0 Å². The first-order chi connectivity index (χ1) is 10.4. The lowest BCUT2D eigenvalue weighted by molar-refractivity contribution is 0.385. The van der Waals surface area contributed by atoms with Crippen molar-refractivity contribution in [2.24, 2.45) is 5.92 Å². The van der Waals surface area contributed by atoms with Crippen molar-refractivity contribution >= 4 is 0 Å². The Morgan fingerprint density at radius 1 is 1.00 bits per heavy atom. The fourth-order valence-electron chi connectivity index (χ4n) is 4.72. The van der Waals surface area contributed by atoms with Crippen molar-refractivity contribution in [2.75, 3.05) is 6.54 Å². The van der Waals surface area contributed by atoms with Crippen LogP contribution in [0.5, 0.6) is 0 Å². The van der Waals surface area contributed by atoms with Gasteiger partial charge in [-0.25, -0.2) is 4.98 Å². The number of nitrogens with zero attached hydrogens (tertiary/aromatic N) is 2. The summed E-state index contributed by atoms with van der Waals surface area (Å²) in [5, 5.41) is 3.50. The molecule has 0 atom stereocenters. The molecule has 1 N–H and O–H groups in total. The molecule has 3 nitrogen and oxygen atoms in total. The molecule has 0 radical (unpaired) electrons. The molecule has 1 aliphatic heterocycles. The quantitative estimate of drug-likeness (QED) is 0.917. The lowest BCUT2D eigenvalue weighted by Crippen LogP contribution is -2.26. The molecule has 0 spiro atoms. The van der Waals surface area contributed by atoms with Crippen LogP contribution in [0.1, 0.15) is 80.9 Å². The predicted molar refractivity (Wildman–Crippen MR) is 85.4 cm³/mol. The molecule has 0 unspecified atom stereocenters. The maximum absolute atomic E-state index is 5.12. The van der Waals surface area contributed by atoms with Crippen molar-refractivity contribution in [1.82, 2.24) is 14.9 Å². The molecule has 3 heteroatoms. The third-order valence-corrected chi connectivity index (χ3v) is 5.90. The smallest absolute Gasteiger partial charge is 0.112 e. The molecule has 1 aromatic rings.